The first-order valence-electron chi connectivity index (χ1n) is 14.2. The lowest BCUT2D eigenvalue weighted by Gasteiger charge is -2.48. The van der Waals surface area contributed by atoms with Gasteiger partial charge in [0.1, 0.15) is 0 Å². The molecule has 3 aromatic carbocycles. The molecule has 1 atom stereocenters. The summed E-state index contributed by atoms with van der Waals surface area (Å²) in [6.45, 7) is 29.2. The topological polar surface area (TPSA) is 0 Å². The van der Waals surface area contributed by atoms with Gasteiger partial charge in [-0.15, -0.1) is 0 Å². The Morgan fingerprint density at radius 2 is 0.947 bits per heavy atom. The summed E-state index contributed by atoms with van der Waals surface area (Å²) < 4.78 is 0. The van der Waals surface area contributed by atoms with Gasteiger partial charge >= 0.3 is 0 Å². The monoisotopic (exact) mass is 552 g/mol. The van der Waals surface area contributed by atoms with Gasteiger partial charge in [0.15, 0.2) is 8.07 Å². The highest BCUT2D eigenvalue weighted by Gasteiger charge is 2.56. The van der Waals surface area contributed by atoms with E-state index in [1.54, 1.807) is 20.7 Å². The minimum atomic E-state index is -2.63. The lowest BCUT2D eigenvalue weighted by atomic mass is 10.0. The predicted octanol–water partition coefficient (Wildman–Crippen LogP) is 6.92. The molecule has 0 radical (unpaired) electrons. The molecule has 0 aliphatic heterocycles. The van der Waals surface area contributed by atoms with Crippen LogP contribution in [0.1, 0.15) is 38.8 Å². The summed E-state index contributed by atoms with van der Waals surface area (Å²) >= 11 is 0. The zero-order chi connectivity index (χ0) is 28.3. The van der Waals surface area contributed by atoms with Crippen LogP contribution in [0.25, 0.3) is 0 Å². The molecule has 3 aromatic rings. The molecule has 0 amide bonds. The molecule has 200 valence electrons. The number of allylic oxidation sites excluding steroid dienone is 4. The molecule has 1 aliphatic carbocycles. The molecule has 0 bridgehead atoms. The molecule has 1 unspecified atom stereocenters. The number of rotatable bonds is 6. The molecule has 0 heterocycles. The predicted molar refractivity (Wildman–Crippen MR) is 180 cm³/mol. The lowest BCUT2D eigenvalue weighted by molar-refractivity contribution is 0.870. The second-order valence-electron chi connectivity index (χ2n) is 14.1. The van der Waals surface area contributed by atoms with Crippen molar-refractivity contribution in [1.82, 2.24) is 0 Å². The Morgan fingerprint density at radius 3 is 1.32 bits per heavy atom. The van der Waals surface area contributed by atoms with Crippen LogP contribution in [0.2, 0.25) is 44.3 Å². The second kappa shape index (κ2) is 9.76. The Bertz CT molecular complexity index is 1360. The summed E-state index contributed by atoms with van der Waals surface area (Å²) in [5, 5.41) is 7.71. The first-order valence-corrected chi connectivity index (χ1v) is 23.2. The van der Waals surface area contributed by atoms with Gasteiger partial charge in [-0.3, -0.25) is 0 Å². The van der Waals surface area contributed by atoms with E-state index in [9.17, 15) is 0 Å². The highest BCUT2D eigenvalue weighted by Crippen LogP contribution is 2.52. The summed E-state index contributed by atoms with van der Waals surface area (Å²) in [4.78, 5) is 0. The van der Waals surface area contributed by atoms with Crippen molar-refractivity contribution < 1.29 is 0 Å². The second-order valence-corrected chi connectivity index (χ2v) is 28.5. The van der Waals surface area contributed by atoms with Gasteiger partial charge < -0.3 is 0 Å². The molecule has 0 aromatic heterocycles. The van der Waals surface area contributed by atoms with E-state index in [2.05, 4.69) is 154 Å². The number of hydrogen-bond acceptors (Lipinski definition) is 0. The molecule has 4 rings (SSSR count). The summed E-state index contributed by atoms with van der Waals surface area (Å²) in [6, 6.07) is 26.9. The molecule has 38 heavy (non-hydrogen) atoms. The smallest absolute Gasteiger partial charge is 0.0730 e. The van der Waals surface area contributed by atoms with Crippen LogP contribution in [-0.4, -0.2) is 24.2 Å². The fourth-order valence-corrected chi connectivity index (χ4v) is 15.8. The van der Waals surface area contributed by atoms with Gasteiger partial charge in [0.25, 0.3) is 0 Å². The maximum atomic E-state index is 2.64. The van der Waals surface area contributed by atoms with Crippen LogP contribution in [-0.2, 0) is 0 Å². The zero-order valence-corrected chi connectivity index (χ0v) is 28.9. The number of aryl methyl sites for hydroxylation is 2. The van der Waals surface area contributed by atoms with Crippen molar-refractivity contribution in [3.8, 4) is 0 Å². The molecule has 0 saturated heterocycles. The van der Waals surface area contributed by atoms with Gasteiger partial charge in [0.2, 0.25) is 0 Å². The summed E-state index contributed by atoms with van der Waals surface area (Å²) in [5.74, 6) is 0. The lowest BCUT2D eigenvalue weighted by Crippen LogP contribution is -2.74. The van der Waals surface area contributed by atoms with E-state index >= 15 is 0 Å². The van der Waals surface area contributed by atoms with E-state index in [-0.39, 0.29) is 5.04 Å². The maximum absolute atomic E-state index is 2.64. The van der Waals surface area contributed by atoms with E-state index < -0.39 is 24.2 Å². The van der Waals surface area contributed by atoms with Crippen molar-refractivity contribution in [1.29, 1.82) is 0 Å². The first-order chi connectivity index (χ1) is 17.5. The highest BCUT2D eigenvalue weighted by molar-refractivity contribution is 7.14. The van der Waals surface area contributed by atoms with Gasteiger partial charge in [-0.2, -0.15) is 0 Å². The molecule has 0 saturated carbocycles. The van der Waals surface area contributed by atoms with Crippen molar-refractivity contribution in [3.05, 3.63) is 101 Å². The van der Waals surface area contributed by atoms with Crippen LogP contribution < -0.4 is 25.9 Å². The highest BCUT2D eigenvalue weighted by atomic mass is 28.3. The average Bonchev–Trinajstić information content (AvgIpc) is 3.01. The van der Waals surface area contributed by atoms with Crippen LogP contribution in [0.3, 0.4) is 0 Å². The third-order valence-electron chi connectivity index (χ3n) is 9.18. The van der Waals surface area contributed by atoms with E-state index in [0.717, 1.165) is 0 Å². The van der Waals surface area contributed by atoms with Crippen molar-refractivity contribution in [2.75, 3.05) is 0 Å². The largest absolute Gasteiger partial charge is 0.161 e. The van der Waals surface area contributed by atoms with Crippen molar-refractivity contribution in [3.63, 3.8) is 0 Å². The van der Waals surface area contributed by atoms with Gasteiger partial charge in [0, 0.05) is 5.04 Å². The minimum Gasteiger partial charge on any atom is -0.0730 e. The molecule has 0 nitrogen and oxygen atoms in total. The average molecular weight is 553 g/mol. The maximum Gasteiger partial charge on any atom is 0.161 e. The van der Waals surface area contributed by atoms with Crippen LogP contribution in [0.4, 0.5) is 0 Å². The Labute approximate surface area is 236 Å². The van der Waals surface area contributed by atoms with Crippen molar-refractivity contribution in [2.24, 2.45) is 0 Å². The van der Waals surface area contributed by atoms with E-state index in [1.165, 1.54) is 33.0 Å². The molecule has 0 fully saturated rings. The normalized spacial score (nSPS) is 18.7. The Morgan fingerprint density at radius 1 is 0.526 bits per heavy atom. The quantitative estimate of drug-likeness (QED) is 0.230. The summed E-state index contributed by atoms with van der Waals surface area (Å²) in [6.07, 6.45) is 2.64. The summed E-state index contributed by atoms with van der Waals surface area (Å²) in [5.41, 5.74) is 7.24. The van der Waals surface area contributed by atoms with Gasteiger partial charge in [-0.1, -0.05) is 152 Å². The van der Waals surface area contributed by atoms with E-state index in [4.69, 9.17) is 0 Å². The van der Waals surface area contributed by atoms with Crippen LogP contribution in [0.5, 0.6) is 0 Å². The van der Waals surface area contributed by atoms with Gasteiger partial charge in [0.05, 0.1) is 16.1 Å². The van der Waals surface area contributed by atoms with Crippen LogP contribution >= 0.6 is 0 Å². The fraction of sp³-hybridized carbons (Fsp3) is 0.371. The minimum absolute atomic E-state index is 0.0719. The Balaban J connectivity index is 2.30. The van der Waals surface area contributed by atoms with Crippen LogP contribution in [0, 0.1) is 13.8 Å². The van der Waals surface area contributed by atoms with Crippen molar-refractivity contribution in [2.45, 2.75) is 85.9 Å². The zero-order valence-electron chi connectivity index (χ0n) is 25.9. The van der Waals surface area contributed by atoms with Crippen molar-refractivity contribution >= 4 is 50.2 Å². The van der Waals surface area contributed by atoms with Gasteiger partial charge in [-0.05, 0) is 55.8 Å². The fourth-order valence-electron chi connectivity index (χ4n) is 6.68. The SMILES string of the molecule is CC1=CC(C)([Si](c2ccccc2)(c2cc(C)cc([Si](C)(C)C)c2)c2cc(C)cc([Si](C)(C)C)c2)C(C)=C1C. The Kier molecular flexibility index (Phi) is 7.40. The third kappa shape index (κ3) is 4.71. The molecule has 1 aliphatic rings. The third-order valence-corrected chi connectivity index (χ3v) is 18.8. The first kappa shape index (κ1) is 28.8. The Hall–Kier alpha value is -2.21. The molecular formula is C35H48Si3. The molecular weight excluding hydrogens is 505 g/mol. The van der Waals surface area contributed by atoms with E-state index in [0.29, 0.717) is 0 Å². The molecule has 0 spiro atoms. The van der Waals surface area contributed by atoms with E-state index in [1.807, 2.05) is 0 Å². The van der Waals surface area contributed by atoms with Crippen LogP contribution in [0.15, 0.2) is 89.5 Å². The molecule has 0 N–H and O–H groups in total. The number of hydrogen-bond donors (Lipinski definition) is 0. The molecule has 3 heteroatoms. The number of benzene rings is 3. The standard InChI is InChI=1S/C35H48Si3/c1-25-18-31(36(7,8)9)22-33(20-25)38(30-16-14-13-15-17-30,35(6)24-27(3)28(4)29(35)5)34-21-26(2)19-32(23-34)37(10,11)12/h13-24H,1-12H3. The summed E-state index contributed by atoms with van der Waals surface area (Å²) in [7, 11) is -5.70. The van der Waals surface area contributed by atoms with Gasteiger partial charge in [-0.25, -0.2) is 0 Å².